The summed E-state index contributed by atoms with van der Waals surface area (Å²) in [7, 11) is 1.48. The number of nitrogens with zero attached hydrogens (tertiary/aromatic N) is 2. The number of benzene rings is 2. The molecule has 230 valence electrons. The van der Waals surface area contributed by atoms with Gasteiger partial charge in [-0.25, -0.2) is 9.18 Å². The van der Waals surface area contributed by atoms with Gasteiger partial charge in [0.05, 0.1) is 23.4 Å². The Morgan fingerprint density at radius 2 is 1.79 bits per heavy atom. The predicted molar refractivity (Wildman–Crippen MR) is 161 cm³/mol. The number of hydrogen-bond acceptors (Lipinski definition) is 7. The Morgan fingerprint density at radius 1 is 1.12 bits per heavy atom. The van der Waals surface area contributed by atoms with E-state index < -0.39 is 6.10 Å². The lowest BCUT2D eigenvalue weighted by molar-refractivity contribution is 0.00529. The van der Waals surface area contributed by atoms with Crippen molar-refractivity contribution in [2.75, 3.05) is 58.7 Å². The number of carbonyl (C=O) groups is 2. The highest BCUT2D eigenvalue weighted by atomic mass is 35.5. The minimum Gasteiger partial charge on any atom is -0.496 e. The van der Waals surface area contributed by atoms with Gasteiger partial charge in [0.15, 0.2) is 6.10 Å². The SMILES string of the molecule is COc1cc(N)c(Cl)cc1C(=O)NCC1CCN(CC(COc2ccc(F)cc2)OC(=O)N2CC(C)CC(C)C2)CC1. The van der Waals surface area contributed by atoms with Gasteiger partial charge in [-0.15, -0.1) is 0 Å². The Kier molecular flexibility index (Phi) is 11.2. The van der Waals surface area contributed by atoms with E-state index in [-0.39, 0.29) is 24.4 Å². The van der Waals surface area contributed by atoms with Crippen LogP contribution in [0, 0.1) is 23.6 Å². The monoisotopic (exact) mass is 604 g/mol. The highest BCUT2D eigenvalue weighted by molar-refractivity contribution is 6.33. The quantitative estimate of drug-likeness (QED) is 0.365. The number of nitrogen functional groups attached to an aromatic ring is 1. The van der Waals surface area contributed by atoms with Gasteiger partial charge in [0.2, 0.25) is 0 Å². The van der Waals surface area contributed by atoms with E-state index in [4.69, 9.17) is 31.5 Å². The van der Waals surface area contributed by atoms with E-state index in [0.29, 0.717) is 71.7 Å². The maximum Gasteiger partial charge on any atom is 0.410 e. The first kappa shape index (κ1) is 31.7. The number of methoxy groups -OCH3 is 1. The summed E-state index contributed by atoms with van der Waals surface area (Å²) in [5, 5.41) is 3.30. The van der Waals surface area contributed by atoms with Crippen LogP contribution in [0.15, 0.2) is 36.4 Å². The van der Waals surface area contributed by atoms with Crippen molar-refractivity contribution in [3.05, 3.63) is 52.8 Å². The zero-order valence-electron chi connectivity index (χ0n) is 24.6. The van der Waals surface area contributed by atoms with Gasteiger partial charge in [-0.2, -0.15) is 0 Å². The van der Waals surface area contributed by atoms with Gasteiger partial charge >= 0.3 is 6.09 Å². The molecule has 9 nitrogen and oxygen atoms in total. The van der Waals surface area contributed by atoms with Gasteiger partial charge in [0.1, 0.15) is 23.9 Å². The average Bonchev–Trinajstić information content (AvgIpc) is 2.96. The van der Waals surface area contributed by atoms with Crippen LogP contribution in [-0.2, 0) is 4.74 Å². The summed E-state index contributed by atoms with van der Waals surface area (Å²) in [6.07, 6.45) is 2.03. The molecule has 0 spiro atoms. The van der Waals surface area contributed by atoms with Gasteiger partial charge in [0.25, 0.3) is 5.91 Å². The summed E-state index contributed by atoms with van der Waals surface area (Å²) in [5.74, 6) is 1.44. The molecule has 3 unspecified atom stereocenters. The van der Waals surface area contributed by atoms with Crippen LogP contribution in [0.1, 0.15) is 43.5 Å². The van der Waals surface area contributed by atoms with Gasteiger partial charge in [-0.3, -0.25) is 9.69 Å². The number of rotatable bonds is 10. The van der Waals surface area contributed by atoms with Gasteiger partial charge in [-0.1, -0.05) is 25.4 Å². The normalized spacial score (nSPS) is 20.5. The summed E-state index contributed by atoms with van der Waals surface area (Å²) in [4.78, 5) is 30.0. The fourth-order valence-corrected chi connectivity index (χ4v) is 5.95. The number of likely N-dealkylation sites (tertiary alicyclic amines) is 2. The first-order valence-electron chi connectivity index (χ1n) is 14.6. The number of nitrogens with one attached hydrogen (secondary N) is 1. The molecule has 2 fully saturated rings. The molecule has 0 radical (unpaired) electrons. The molecule has 3 N–H and O–H groups in total. The Morgan fingerprint density at radius 3 is 2.43 bits per heavy atom. The second-order valence-corrected chi connectivity index (χ2v) is 12.1. The third-order valence-corrected chi connectivity index (χ3v) is 8.26. The van der Waals surface area contributed by atoms with Crippen LogP contribution >= 0.6 is 11.6 Å². The number of anilines is 1. The molecule has 0 aliphatic carbocycles. The molecule has 2 aliphatic heterocycles. The number of nitrogens with two attached hydrogens (primary N) is 1. The molecule has 2 heterocycles. The van der Waals surface area contributed by atoms with Crippen LogP contribution in [0.3, 0.4) is 0 Å². The second-order valence-electron chi connectivity index (χ2n) is 11.6. The Labute approximate surface area is 252 Å². The molecule has 42 heavy (non-hydrogen) atoms. The summed E-state index contributed by atoms with van der Waals surface area (Å²) >= 11 is 6.12. The molecule has 0 saturated carbocycles. The zero-order valence-corrected chi connectivity index (χ0v) is 25.4. The maximum absolute atomic E-state index is 13.3. The minimum atomic E-state index is -0.492. The molecule has 2 aliphatic rings. The van der Waals surface area contributed by atoms with E-state index in [2.05, 4.69) is 24.1 Å². The molecule has 2 aromatic rings. The van der Waals surface area contributed by atoms with E-state index in [9.17, 15) is 14.0 Å². The van der Waals surface area contributed by atoms with Crippen LogP contribution in [0.2, 0.25) is 5.02 Å². The van der Waals surface area contributed by atoms with Crippen molar-refractivity contribution in [1.29, 1.82) is 0 Å². The number of ether oxygens (including phenoxy) is 3. The number of amides is 2. The van der Waals surface area contributed by atoms with E-state index in [1.807, 2.05) is 0 Å². The standard InChI is InChI=1S/C31H42ClFN4O5/c1-20-12-21(2)17-37(16-20)31(39)42-25(19-41-24-6-4-23(33)5-7-24)18-36-10-8-22(9-11-36)15-35-30(38)26-13-27(32)28(34)14-29(26)40-3/h4-7,13-14,20-22,25H,8-12,15-19,34H2,1-3H3,(H,35,38). The summed E-state index contributed by atoms with van der Waals surface area (Å²) in [6.45, 7) is 8.46. The van der Waals surface area contributed by atoms with E-state index in [0.717, 1.165) is 32.4 Å². The third-order valence-electron chi connectivity index (χ3n) is 7.93. The third kappa shape index (κ3) is 8.88. The largest absolute Gasteiger partial charge is 0.496 e. The number of halogens is 2. The van der Waals surface area contributed by atoms with Crippen LogP contribution in [0.25, 0.3) is 0 Å². The van der Waals surface area contributed by atoms with Crippen molar-refractivity contribution < 1.29 is 28.2 Å². The summed E-state index contributed by atoms with van der Waals surface area (Å²) < 4.78 is 30.5. The lowest BCUT2D eigenvalue weighted by Gasteiger charge is -2.37. The van der Waals surface area contributed by atoms with E-state index >= 15 is 0 Å². The molecule has 3 atom stereocenters. The van der Waals surface area contributed by atoms with Crippen LogP contribution < -0.4 is 20.5 Å². The molecule has 2 aromatic carbocycles. The highest BCUT2D eigenvalue weighted by Crippen LogP contribution is 2.29. The first-order valence-corrected chi connectivity index (χ1v) is 15.0. The number of piperidine rings is 2. The molecule has 11 heteroatoms. The van der Waals surface area contributed by atoms with Crippen molar-refractivity contribution in [2.24, 2.45) is 17.8 Å². The summed E-state index contributed by atoms with van der Waals surface area (Å²) in [6, 6.07) is 8.88. The van der Waals surface area contributed by atoms with Gasteiger partial charge < -0.3 is 30.2 Å². The molecule has 0 bridgehead atoms. The predicted octanol–water partition coefficient (Wildman–Crippen LogP) is 5.07. The Balaban J connectivity index is 1.30. The van der Waals surface area contributed by atoms with Crippen molar-refractivity contribution >= 4 is 29.3 Å². The van der Waals surface area contributed by atoms with Crippen LogP contribution in [0.5, 0.6) is 11.5 Å². The second kappa shape index (κ2) is 14.8. The minimum absolute atomic E-state index is 0.165. The summed E-state index contributed by atoms with van der Waals surface area (Å²) in [5.41, 5.74) is 6.53. The topological polar surface area (TPSA) is 106 Å². The number of carbonyl (C=O) groups excluding carboxylic acids is 2. The molecule has 2 amide bonds. The first-order chi connectivity index (χ1) is 20.1. The molecule has 4 rings (SSSR count). The Hall–Kier alpha value is -3.24. The van der Waals surface area contributed by atoms with Crippen molar-refractivity contribution in [3.63, 3.8) is 0 Å². The molecular weight excluding hydrogens is 563 g/mol. The molecular formula is C31H42ClFN4O5. The van der Waals surface area contributed by atoms with Gasteiger partial charge in [-0.05, 0) is 80.4 Å². The van der Waals surface area contributed by atoms with Crippen LogP contribution in [0.4, 0.5) is 14.9 Å². The van der Waals surface area contributed by atoms with Crippen molar-refractivity contribution in [1.82, 2.24) is 15.1 Å². The lowest BCUT2D eigenvalue weighted by Crippen LogP contribution is -2.48. The fourth-order valence-electron chi connectivity index (χ4n) is 5.78. The van der Waals surface area contributed by atoms with Crippen molar-refractivity contribution in [3.8, 4) is 11.5 Å². The fraction of sp³-hybridized carbons (Fsp3) is 0.548. The molecule has 2 saturated heterocycles. The van der Waals surface area contributed by atoms with E-state index in [1.54, 1.807) is 23.1 Å². The number of hydrogen-bond donors (Lipinski definition) is 2. The zero-order chi connectivity index (χ0) is 30.2. The molecule has 0 aromatic heterocycles. The lowest BCUT2D eigenvalue weighted by atomic mass is 9.92. The van der Waals surface area contributed by atoms with Crippen LogP contribution in [-0.4, -0.2) is 80.9 Å². The average molecular weight is 605 g/mol. The maximum atomic E-state index is 13.3. The smallest absolute Gasteiger partial charge is 0.410 e. The van der Waals surface area contributed by atoms with Crippen molar-refractivity contribution in [2.45, 2.75) is 39.2 Å². The Bertz CT molecular complexity index is 1200. The van der Waals surface area contributed by atoms with Gasteiger partial charge in [0, 0.05) is 32.2 Å². The highest BCUT2D eigenvalue weighted by Gasteiger charge is 2.30. The van der Waals surface area contributed by atoms with E-state index in [1.165, 1.54) is 25.3 Å².